The molecule has 27 heavy (non-hydrogen) atoms. The molecule has 0 spiro atoms. The van der Waals surface area contributed by atoms with Crippen molar-refractivity contribution in [1.29, 1.82) is 0 Å². The van der Waals surface area contributed by atoms with Gasteiger partial charge in [0.05, 0.1) is 18.8 Å². The minimum Gasteiger partial charge on any atom is -0.467 e. The Labute approximate surface area is 161 Å². The fourth-order valence-electron chi connectivity index (χ4n) is 3.04. The van der Waals surface area contributed by atoms with E-state index < -0.39 is 11.9 Å². The molecular weight excluding hydrogens is 374 g/mol. The topological polar surface area (TPSA) is 86.9 Å². The number of halogens is 1. The summed E-state index contributed by atoms with van der Waals surface area (Å²) >= 11 is 6.12. The highest BCUT2D eigenvalue weighted by atomic mass is 35.5. The van der Waals surface area contributed by atoms with Crippen molar-refractivity contribution in [2.45, 2.75) is 34.0 Å². The molecule has 0 saturated carbocycles. The second-order valence-electron chi connectivity index (χ2n) is 6.09. The summed E-state index contributed by atoms with van der Waals surface area (Å²) in [6, 6.07) is 3.45. The van der Waals surface area contributed by atoms with Crippen LogP contribution in [0, 0.1) is 13.8 Å². The van der Waals surface area contributed by atoms with Crippen LogP contribution in [0.3, 0.4) is 0 Å². The van der Waals surface area contributed by atoms with Crippen molar-refractivity contribution in [2.24, 2.45) is 0 Å². The van der Waals surface area contributed by atoms with Gasteiger partial charge >= 0.3 is 11.9 Å². The molecule has 144 valence electrons. The molecule has 0 bridgehead atoms. The highest BCUT2D eigenvalue weighted by Crippen LogP contribution is 2.32. The number of ether oxygens (including phenoxy) is 4. The van der Waals surface area contributed by atoms with E-state index in [2.05, 4.69) is 4.98 Å². The summed E-state index contributed by atoms with van der Waals surface area (Å²) in [6.07, 6.45) is 0. The van der Waals surface area contributed by atoms with Crippen molar-refractivity contribution < 1.29 is 28.5 Å². The fourth-order valence-corrected chi connectivity index (χ4v) is 3.31. The fraction of sp³-hybridized carbons (Fsp3) is 0.368. The van der Waals surface area contributed by atoms with Gasteiger partial charge in [-0.3, -0.25) is 0 Å². The van der Waals surface area contributed by atoms with Crippen LogP contribution in [0.2, 0.25) is 5.02 Å². The lowest BCUT2D eigenvalue weighted by atomic mass is 10.1. The van der Waals surface area contributed by atoms with E-state index in [1.807, 2.05) is 0 Å². The van der Waals surface area contributed by atoms with Crippen LogP contribution in [0.5, 0.6) is 5.75 Å². The number of hydrogen-bond acceptors (Lipinski definition) is 6. The van der Waals surface area contributed by atoms with Gasteiger partial charge in [0.15, 0.2) is 6.79 Å². The molecule has 8 heteroatoms. The molecule has 1 aromatic heterocycles. The number of fused-ring (bicyclic) bond motifs is 1. The van der Waals surface area contributed by atoms with Gasteiger partial charge in [-0.05, 0) is 38.5 Å². The SMILES string of the molecule is CCOC(=O)c1c(C)[nH]c(C(=O)OCc2cc(Cl)cc3c2OCOC3)c1C. The van der Waals surface area contributed by atoms with Gasteiger partial charge in [-0.2, -0.15) is 0 Å². The maximum absolute atomic E-state index is 12.5. The Morgan fingerprint density at radius 2 is 2.00 bits per heavy atom. The molecule has 0 fully saturated rings. The minimum absolute atomic E-state index is 0.0199. The standard InChI is InChI=1S/C19H20ClNO6/c1-4-25-18(22)15-10(2)16(21-11(15)3)19(23)26-8-13-6-14(20)5-12-7-24-9-27-17(12)13/h5-6,21H,4,7-9H2,1-3H3. The lowest BCUT2D eigenvalue weighted by molar-refractivity contribution is -0.0180. The molecule has 1 N–H and O–H groups in total. The molecule has 2 heterocycles. The van der Waals surface area contributed by atoms with Crippen LogP contribution in [0.25, 0.3) is 0 Å². The summed E-state index contributed by atoms with van der Waals surface area (Å²) in [5, 5.41) is 0.505. The highest BCUT2D eigenvalue weighted by Gasteiger charge is 2.24. The zero-order chi connectivity index (χ0) is 19.6. The largest absolute Gasteiger partial charge is 0.467 e. The molecule has 1 aliphatic heterocycles. The minimum atomic E-state index is -0.577. The van der Waals surface area contributed by atoms with Crippen LogP contribution < -0.4 is 4.74 Å². The van der Waals surface area contributed by atoms with E-state index in [0.29, 0.717) is 39.8 Å². The third-order valence-corrected chi connectivity index (χ3v) is 4.45. The molecule has 0 aliphatic carbocycles. The molecule has 1 aliphatic rings. The number of carbonyl (C=O) groups is 2. The van der Waals surface area contributed by atoms with Crippen LogP contribution in [-0.4, -0.2) is 30.3 Å². The molecule has 0 atom stereocenters. The first-order chi connectivity index (χ1) is 12.9. The number of aromatic nitrogens is 1. The maximum atomic E-state index is 12.5. The van der Waals surface area contributed by atoms with E-state index in [4.69, 9.17) is 30.5 Å². The zero-order valence-corrected chi connectivity index (χ0v) is 16.1. The number of nitrogens with one attached hydrogen (secondary N) is 1. The van der Waals surface area contributed by atoms with E-state index in [9.17, 15) is 9.59 Å². The number of hydrogen-bond donors (Lipinski definition) is 1. The van der Waals surface area contributed by atoms with Gasteiger partial charge in [-0.15, -0.1) is 0 Å². The lowest BCUT2D eigenvalue weighted by Gasteiger charge is -2.21. The summed E-state index contributed by atoms with van der Waals surface area (Å²) in [5.41, 5.74) is 3.07. The van der Waals surface area contributed by atoms with Gasteiger partial charge in [-0.25, -0.2) is 9.59 Å². The third-order valence-electron chi connectivity index (χ3n) is 4.23. The van der Waals surface area contributed by atoms with E-state index in [1.165, 1.54) is 0 Å². The van der Waals surface area contributed by atoms with Gasteiger partial charge in [-0.1, -0.05) is 11.6 Å². The molecule has 1 aromatic carbocycles. The predicted octanol–water partition coefficient (Wildman–Crippen LogP) is 3.69. The first-order valence-electron chi connectivity index (χ1n) is 8.47. The highest BCUT2D eigenvalue weighted by molar-refractivity contribution is 6.30. The van der Waals surface area contributed by atoms with E-state index >= 15 is 0 Å². The first-order valence-corrected chi connectivity index (χ1v) is 8.85. The number of H-pyrrole nitrogens is 1. The second-order valence-corrected chi connectivity index (χ2v) is 6.52. The zero-order valence-electron chi connectivity index (χ0n) is 15.3. The summed E-state index contributed by atoms with van der Waals surface area (Å²) in [4.78, 5) is 27.5. The smallest absolute Gasteiger partial charge is 0.355 e. The van der Waals surface area contributed by atoms with Gasteiger partial charge in [0.1, 0.15) is 18.1 Å². The molecular formula is C19H20ClNO6. The van der Waals surface area contributed by atoms with Crippen LogP contribution >= 0.6 is 11.6 Å². The first kappa shape index (κ1) is 19.3. The van der Waals surface area contributed by atoms with Gasteiger partial charge in [0.2, 0.25) is 0 Å². The molecule has 3 rings (SSSR count). The maximum Gasteiger partial charge on any atom is 0.355 e. The Morgan fingerprint density at radius 3 is 2.74 bits per heavy atom. The van der Waals surface area contributed by atoms with Crippen LogP contribution in [-0.2, 0) is 27.4 Å². The number of carbonyl (C=O) groups excluding carboxylic acids is 2. The predicted molar refractivity (Wildman–Crippen MR) is 97.1 cm³/mol. The number of rotatable bonds is 5. The van der Waals surface area contributed by atoms with E-state index in [-0.39, 0.29) is 25.7 Å². The van der Waals surface area contributed by atoms with Crippen molar-refractivity contribution in [3.8, 4) is 5.75 Å². The van der Waals surface area contributed by atoms with Gasteiger partial charge < -0.3 is 23.9 Å². The molecule has 0 unspecified atom stereocenters. The molecule has 0 saturated heterocycles. The van der Waals surface area contributed by atoms with Crippen molar-refractivity contribution >= 4 is 23.5 Å². The number of esters is 2. The molecule has 2 aromatic rings. The third kappa shape index (κ3) is 3.94. The monoisotopic (exact) mass is 393 g/mol. The Hall–Kier alpha value is -2.51. The summed E-state index contributed by atoms with van der Waals surface area (Å²) < 4.78 is 21.2. The number of aryl methyl sites for hydroxylation is 1. The summed E-state index contributed by atoms with van der Waals surface area (Å²) in [6.45, 7) is 5.86. The van der Waals surface area contributed by atoms with Crippen molar-refractivity contribution in [2.75, 3.05) is 13.4 Å². The lowest BCUT2D eigenvalue weighted by Crippen LogP contribution is -2.15. The number of benzene rings is 1. The van der Waals surface area contributed by atoms with Crippen LogP contribution in [0.1, 0.15) is 50.2 Å². The van der Waals surface area contributed by atoms with Crippen molar-refractivity contribution in [3.05, 3.63) is 50.8 Å². The van der Waals surface area contributed by atoms with Gasteiger partial charge in [0, 0.05) is 21.8 Å². The average Bonchev–Trinajstić information content (AvgIpc) is 2.94. The Kier molecular flexibility index (Phi) is 5.72. The second kappa shape index (κ2) is 8.02. The molecule has 0 radical (unpaired) electrons. The number of aromatic amines is 1. The summed E-state index contributed by atoms with van der Waals surface area (Å²) in [5.74, 6) is -0.433. The van der Waals surface area contributed by atoms with Crippen molar-refractivity contribution in [1.82, 2.24) is 4.98 Å². The molecule has 7 nitrogen and oxygen atoms in total. The Balaban J connectivity index is 1.79. The Bertz CT molecular complexity index is 889. The van der Waals surface area contributed by atoms with Crippen LogP contribution in [0.4, 0.5) is 0 Å². The van der Waals surface area contributed by atoms with E-state index in [0.717, 1.165) is 5.56 Å². The average molecular weight is 394 g/mol. The quantitative estimate of drug-likeness (QED) is 0.779. The van der Waals surface area contributed by atoms with Crippen molar-refractivity contribution in [3.63, 3.8) is 0 Å². The Morgan fingerprint density at radius 1 is 1.22 bits per heavy atom. The van der Waals surface area contributed by atoms with E-state index in [1.54, 1.807) is 32.9 Å². The van der Waals surface area contributed by atoms with Crippen LogP contribution in [0.15, 0.2) is 12.1 Å². The normalized spacial score (nSPS) is 12.9. The van der Waals surface area contributed by atoms with Gasteiger partial charge in [0.25, 0.3) is 0 Å². The molecule has 0 amide bonds. The summed E-state index contributed by atoms with van der Waals surface area (Å²) in [7, 11) is 0.